The van der Waals surface area contributed by atoms with Gasteiger partial charge in [0.05, 0.1) is 0 Å². The van der Waals surface area contributed by atoms with Gasteiger partial charge in [0, 0.05) is 12.0 Å². The van der Waals surface area contributed by atoms with Gasteiger partial charge in [-0.3, -0.25) is 0 Å². The number of rotatable bonds is 3. The van der Waals surface area contributed by atoms with E-state index in [2.05, 4.69) is 6.92 Å². The van der Waals surface area contributed by atoms with E-state index >= 15 is 0 Å². The molecule has 1 aliphatic rings. The second-order valence-electron chi connectivity index (χ2n) is 3.23. The lowest BCUT2D eigenvalue weighted by molar-refractivity contribution is 0.286. The second kappa shape index (κ2) is 5.17. The molecule has 0 aromatic rings. The van der Waals surface area contributed by atoms with Gasteiger partial charge in [0.15, 0.2) is 9.04 Å². The molecule has 0 bridgehead atoms. The van der Waals surface area contributed by atoms with Crippen molar-refractivity contribution >= 4 is 20.6 Å². The van der Waals surface area contributed by atoms with E-state index in [1.54, 1.807) is 0 Å². The highest BCUT2D eigenvalue weighted by atomic mass is 35.5. The highest BCUT2D eigenvalue weighted by Crippen LogP contribution is 2.19. The van der Waals surface area contributed by atoms with Gasteiger partial charge in [-0.1, -0.05) is 13.3 Å². The summed E-state index contributed by atoms with van der Waals surface area (Å²) in [5.74, 6) is 0. The minimum atomic E-state index is -0.834. The fourth-order valence-corrected chi connectivity index (χ4v) is 4.73. The lowest BCUT2D eigenvalue weighted by atomic mass is 10.4. The summed E-state index contributed by atoms with van der Waals surface area (Å²) in [5.41, 5.74) is 0. The molecule has 0 radical (unpaired) electrons. The first kappa shape index (κ1) is 9.55. The predicted octanol–water partition coefficient (Wildman–Crippen LogP) is 2.54. The van der Waals surface area contributed by atoms with Crippen LogP contribution in [0.2, 0.25) is 12.1 Å². The summed E-state index contributed by atoms with van der Waals surface area (Å²) in [5, 5.41) is 0.379. The van der Waals surface area contributed by atoms with E-state index in [-0.39, 0.29) is 0 Å². The Kier molecular flexibility index (Phi) is 4.49. The summed E-state index contributed by atoms with van der Waals surface area (Å²) in [4.78, 5) is 0. The summed E-state index contributed by atoms with van der Waals surface area (Å²) in [7, 11) is -0.834. The first-order valence-corrected chi connectivity index (χ1v) is 7.12. The van der Waals surface area contributed by atoms with Crippen molar-refractivity contribution in [1.82, 2.24) is 0 Å². The van der Waals surface area contributed by atoms with Crippen LogP contribution in [-0.2, 0) is 4.43 Å². The highest BCUT2D eigenvalue weighted by molar-refractivity contribution is 6.53. The largest absolute Gasteiger partial charge is 0.420 e. The molecule has 0 aromatic carbocycles. The molecular weight excluding hydrogens is 176 g/mol. The van der Waals surface area contributed by atoms with Crippen LogP contribution in [-0.4, -0.2) is 21.0 Å². The van der Waals surface area contributed by atoms with Crippen LogP contribution in [0.15, 0.2) is 0 Å². The maximum atomic E-state index is 6.05. The molecule has 1 nitrogen and oxygen atoms in total. The Labute approximate surface area is 75.8 Å². The monoisotopic (exact) mass is 192 g/mol. The normalized spacial score (nSPS) is 28.4. The molecule has 1 rings (SSSR count). The van der Waals surface area contributed by atoms with Crippen molar-refractivity contribution in [2.75, 3.05) is 6.61 Å². The van der Waals surface area contributed by atoms with Crippen molar-refractivity contribution in [1.29, 1.82) is 0 Å². The smallest absolute Gasteiger partial charge is 0.178 e. The van der Waals surface area contributed by atoms with E-state index in [4.69, 9.17) is 16.0 Å². The van der Waals surface area contributed by atoms with Crippen LogP contribution in [0, 0.1) is 0 Å². The first-order valence-electron chi connectivity index (χ1n) is 4.58. The number of hydrogen-bond donors (Lipinski definition) is 0. The quantitative estimate of drug-likeness (QED) is 0.494. The van der Waals surface area contributed by atoms with Crippen molar-refractivity contribution in [3.05, 3.63) is 0 Å². The molecule has 3 heteroatoms. The van der Waals surface area contributed by atoms with E-state index in [0.717, 1.165) is 13.0 Å². The molecule has 1 aliphatic heterocycles. The Morgan fingerprint density at radius 2 is 2.36 bits per heavy atom. The van der Waals surface area contributed by atoms with E-state index < -0.39 is 9.04 Å². The van der Waals surface area contributed by atoms with Gasteiger partial charge in [-0.25, -0.2) is 0 Å². The van der Waals surface area contributed by atoms with Crippen LogP contribution in [0.4, 0.5) is 0 Å². The molecule has 0 saturated carbocycles. The molecule has 1 heterocycles. The van der Waals surface area contributed by atoms with Gasteiger partial charge in [-0.2, -0.15) is 0 Å². The molecule has 0 aliphatic carbocycles. The zero-order valence-electron chi connectivity index (χ0n) is 7.18. The Morgan fingerprint density at radius 1 is 1.55 bits per heavy atom. The Morgan fingerprint density at radius 3 is 2.91 bits per heavy atom. The van der Waals surface area contributed by atoms with Crippen molar-refractivity contribution in [3.8, 4) is 0 Å². The second-order valence-corrected chi connectivity index (χ2v) is 6.47. The maximum Gasteiger partial charge on any atom is 0.178 e. The molecule has 1 saturated heterocycles. The van der Waals surface area contributed by atoms with Crippen molar-refractivity contribution < 1.29 is 4.43 Å². The van der Waals surface area contributed by atoms with Gasteiger partial charge >= 0.3 is 0 Å². The Balaban J connectivity index is 2.13. The lowest BCUT2D eigenvalue weighted by Gasteiger charge is -2.22. The maximum absolute atomic E-state index is 6.05. The summed E-state index contributed by atoms with van der Waals surface area (Å²) < 4.78 is 5.70. The zero-order valence-corrected chi connectivity index (χ0v) is 9.09. The van der Waals surface area contributed by atoms with Crippen LogP contribution in [0.1, 0.15) is 26.2 Å². The van der Waals surface area contributed by atoms with Gasteiger partial charge in [-0.15, -0.1) is 11.6 Å². The molecular formula is C8H17ClOSi. The molecule has 0 amide bonds. The zero-order chi connectivity index (χ0) is 8.10. The van der Waals surface area contributed by atoms with Crippen molar-refractivity contribution in [3.63, 3.8) is 0 Å². The predicted molar refractivity (Wildman–Crippen MR) is 51.9 cm³/mol. The van der Waals surface area contributed by atoms with Gasteiger partial charge in [0.1, 0.15) is 0 Å². The van der Waals surface area contributed by atoms with Gasteiger partial charge in [-0.05, 0) is 24.9 Å². The van der Waals surface area contributed by atoms with E-state index in [1.165, 1.54) is 24.9 Å². The standard InChI is InChI=1S/C8H17ClOSi/c1-2-8(9)7-11-6-4-3-5-10-11/h8,11H,2-7H2,1H3. The molecule has 0 spiro atoms. The summed E-state index contributed by atoms with van der Waals surface area (Å²) in [6.45, 7) is 3.15. The minimum absolute atomic E-state index is 0.379. The first-order chi connectivity index (χ1) is 5.33. The summed E-state index contributed by atoms with van der Waals surface area (Å²) in [6, 6.07) is 2.53. The fraction of sp³-hybridized carbons (Fsp3) is 1.00. The molecule has 2 atom stereocenters. The van der Waals surface area contributed by atoms with Crippen LogP contribution in [0.25, 0.3) is 0 Å². The van der Waals surface area contributed by atoms with E-state index in [0.29, 0.717) is 5.38 Å². The molecule has 2 unspecified atom stereocenters. The molecule has 11 heavy (non-hydrogen) atoms. The third kappa shape index (κ3) is 3.59. The van der Waals surface area contributed by atoms with Crippen molar-refractivity contribution in [2.45, 2.75) is 43.7 Å². The summed E-state index contributed by atoms with van der Waals surface area (Å²) in [6.07, 6.45) is 3.74. The molecule has 0 N–H and O–H groups in total. The molecule has 0 aromatic heterocycles. The number of halogens is 1. The summed E-state index contributed by atoms with van der Waals surface area (Å²) >= 11 is 6.05. The average molecular weight is 193 g/mol. The third-order valence-electron chi connectivity index (χ3n) is 2.24. The van der Waals surface area contributed by atoms with E-state index in [1.807, 2.05) is 0 Å². The number of hydrogen-bond acceptors (Lipinski definition) is 1. The van der Waals surface area contributed by atoms with Gasteiger partial charge < -0.3 is 4.43 Å². The van der Waals surface area contributed by atoms with Crippen LogP contribution in [0.3, 0.4) is 0 Å². The number of alkyl halides is 1. The van der Waals surface area contributed by atoms with Crippen LogP contribution < -0.4 is 0 Å². The average Bonchev–Trinajstić information content (AvgIpc) is 2.06. The SMILES string of the molecule is CCC(Cl)C[SiH]1CCCCO1. The fourth-order valence-electron chi connectivity index (χ4n) is 1.45. The van der Waals surface area contributed by atoms with Gasteiger partial charge in [0.25, 0.3) is 0 Å². The molecule has 1 fully saturated rings. The van der Waals surface area contributed by atoms with Gasteiger partial charge in [0.2, 0.25) is 0 Å². The Hall–Kier alpha value is 0.467. The topological polar surface area (TPSA) is 9.23 Å². The molecule has 66 valence electrons. The third-order valence-corrected chi connectivity index (χ3v) is 5.88. The van der Waals surface area contributed by atoms with Crippen molar-refractivity contribution in [2.24, 2.45) is 0 Å². The Bertz CT molecular complexity index is 104. The minimum Gasteiger partial charge on any atom is -0.420 e. The van der Waals surface area contributed by atoms with E-state index in [9.17, 15) is 0 Å². The van der Waals surface area contributed by atoms with Crippen LogP contribution >= 0.6 is 11.6 Å². The highest BCUT2D eigenvalue weighted by Gasteiger charge is 2.18. The lowest BCUT2D eigenvalue weighted by Crippen LogP contribution is -2.25. The van der Waals surface area contributed by atoms with Crippen LogP contribution in [0.5, 0.6) is 0 Å².